The summed E-state index contributed by atoms with van der Waals surface area (Å²) < 4.78 is 5.99. The molecule has 0 saturated carbocycles. The van der Waals surface area contributed by atoms with Crippen molar-refractivity contribution in [3.05, 3.63) is 65.8 Å². The Morgan fingerprint density at radius 3 is 2.70 bits per heavy atom. The van der Waals surface area contributed by atoms with Crippen LogP contribution in [0.15, 0.2) is 59.0 Å². The van der Waals surface area contributed by atoms with Crippen LogP contribution in [0.4, 0.5) is 0 Å². The van der Waals surface area contributed by atoms with Crippen molar-refractivity contribution in [3.63, 3.8) is 0 Å². The van der Waals surface area contributed by atoms with Gasteiger partial charge < -0.3 is 4.42 Å². The molecule has 2 aromatic carbocycles. The molecule has 1 heteroatoms. The monoisotopic (exact) mass is 260 g/mol. The van der Waals surface area contributed by atoms with Crippen molar-refractivity contribution in [2.75, 3.05) is 0 Å². The molecule has 0 aliphatic heterocycles. The molecule has 0 saturated heterocycles. The van der Waals surface area contributed by atoms with E-state index >= 15 is 0 Å². The van der Waals surface area contributed by atoms with E-state index in [-0.39, 0.29) is 0 Å². The summed E-state index contributed by atoms with van der Waals surface area (Å²) in [6.45, 7) is 4.37. The minimum absolute atomic E-state index is 0.491. The largest absolute Gasteiger partial charge is 0.456 e. The van der Waals surface area contributed by atoms with Gasteiger partial charge in [-0.25, -0.2) is 0 Å². The summed E-state index contributed by atoms with van der Waals surface area (Å²) in [6, 6.07) is 12.8. The highest BCUT2D eigenvalue weighted by molar-refractivity contribution is 6.07. The van der Waals surface area contributed by atoms with Crippen LogP contribution in [0.25, 0.3) is 27.5 Å². The Labute approximate surface area is 118 Å². The lowest BCUT2D eigenvalue weighted by Gasteiger charge is -2.10. The highest BCUT2D eigenvalue weighted by Gasteiger charge is 2.15. The number of fused-ring (bicyclic) bond motifs is 3. The Hall–Kier alpha value is -2.28. The summed E-state index contributed by atoms with van der Waals surface area (Å²) in [7, 11) is 0. The Morgan fingerprint density at radius 2 is 1.90 bits per heavy atom. The van der Waals surface area contributed by atoms with Crippen molar-refractivity contribution in [1.29, 1.82) is 0 Å². The maximum absolute atomic E-state index is 5.99. The quantitative estimate of drug-likeness (QED) is 0.564. The van der Waals surface area contributed by atoms with E-state index < -0.39 is 0 Å². The third kappa shape index (κ3) is 1.56. The Kier molecular flexibility index (Phi) is 2.37. The molecule has 0 spiro atoms. The van der Waals surface area contributed by atoms with Gasteiger partial charge in [0.05, 0.1) is 0 Å². The molecule has 1 unspecified atom stereocenters. The van der Waals surface area contributed by atoms with Gasteiger partial charge in [-0.05, 0) is 47.7 Å². The summed E-state index contributed by atoms with van der Waals surface area (Å²) >= 11 is 0. The number of aryl methyl sites for hydroxylation is 1. The van der Waals surface area contributed by atoms with E-state index in [1.807, 2.05) is 12.1 Å². The molecular formula is C19H16O. The van der Waals surface area contributed by atoms with Crippen LogP contribution in [0, 0.1) is 12.8 Å². The van der Waals surface area contributed by atoms with Crippen LogP contribution >= 0.6 is 0 Å². The zero-order valence-electron chi connectivity index (χ0n) is 11.7. The van der Waals surface area contributed by atoms with Crippen LogP contribution in [0.2, 0.25) is 0 Å². The molecule has 0 fully saturated rings. The number of allylic oxidation sites excluding steroid dienone is 4. The second kappa shape index (κ2) is 4.11. The first-order valence-electron chi connectivity index (χ1n) is 7.04. The smallest absolute Gasteiger partial charge is 0.138 e. The fourth-order valence-electron chi connectivity index (χ4n) is 3.10. The zero-order valence-corrected chi connectivity index (χ0v) is 11.7. The molecular weight excluding hydrogens is 244 g/mol. The topological polar surface area (TPSA) is 13.1 Å². The molecule has 0 radical (unpaired) electrons. The van der Waals surface area contributed by atoms with Crippen molar-refractivity contribution < 1.29 is 4.42 Å². The molecule has 4 rings (SSSR count). The van der Waals surface area contributed by atoms with E-state index in [1.165, 1.54) is 27.5 Å². The molecule has 20 heavy (non-hydrogen) atoms. The standard InChI is InChI=1S/C19H16O/c1-12-6-5-8-15(12)14-10-13(2)19-17(11-14)16-7-3-4-9-18(16)20-19/h3-12H,1-2H3. The number of furan rings is 1. The SMILES string of the molecule is Cc1cc(C2=CC=CC2C)cc2c1oc1ccccc12. The molecule has 1 aliphatic carbocycles. The van der Waals surface area contributed by atoms with Gasteiger partial charge in [-0.3, -0.25) is 0 Å². The fourth-order valence-corrected chi connectivity index (χ4v) is 3.10. The van der Waals surface area contributed by atoms with Crippen molar-refractivity contribution in [3.8, 4) is 0 Å². The molecule has 0 amide bonds. The van der Waals surface area contributed by atoms with Crippen molar-refractivity contribution in [2.45, 2.75) is 13.8 Å². The third-order valence-corrected chi connectivity index (χ3v) is 4.16. The Bertz CT molecular complexity index is 877. The second-order valence-electron chi connectivity index (χ2n) is 5.56. The van der Waals surface area contributed by atoms with Crippen LogP contribution in [0.3, 0.4) is 0 Å². The molecule has 1 nitrogen and oxygen atoms in total. The van der Waals surface area contributed by atoms with Gasteiger partial charge in [0.2, 0.25) is 0 Å². The summed E-state index contributed by atoms with van der Waals surface area (Å²) in [6.07, 6.45) is 6.60. The highest BCUT2D eigenvalue weighted by Crippen LogP contribution is 2.36. The van der Waals surface area contributed by atoms with Crippen LogP contribution in [-0.2, 0) is 0 Å². The van der Waals surface area contributed by atoms with Crippen LogP contribution in [-0.4, -0.2) is 0 Å². The molecule has 1 heterocycles. The number of hydrogen-bond acceptors (Lipinski definition) is 1. The van der Waals surface area contributed by atoms with Gasteiger partial charge >= 0.3 is 0 Å². The minimum Gasteiger partial charge on any atom is -0.456 e. The molecule has 1 atom stereocenters. The van der Waals surface area contributed by atoms with Crippen molar-refractivity contribution >= 4 is 27.5 Å². The van der Waals surface area contributed by atoms with E-state index in [2.05, 4.69) is 56.3 Å². The van der Waals surface area contributed by atoms with E-state index in [4.69, 9.17) is 4.42 Å². The molecule has 3 aromatic rings. The van der Waals surface area contributed by atoms with Gasteiger partial charge in [0.15, 0.2) is 0 Å². The lowest BCUT2D eigenvalue weighted by molar-refractivity contribution is 0.665. The van der Waals surface area contributed by atoms with Crippen LogP contribution in [0.5, 0.6) is 0 Å². The zero-order chi connectivity index (χ0) is 13.7. The molecule has 0 N–H and O–H groups in total. The van der Waals surface area contributed by atoms with Crippen molar-refractivity contribution in [2.24, 2.45) is 5.92 Å². The maximum atomic E-state index is 5.99. The molecule has 1 aliphatic rings. The van der Waals surface area contributed by atoms with Gasteiger partial charge in [0.1, 0.15) is 11.2 Å². The minimum atomic E-state index is 0.491. The summed E-state index contributed by atoms with van der Waals surface area (Å²) in [5.41, 5.74) is 5.87. The third-order valence-electron chi connectivity index (χ3n) is 4.16. The predicted octanol–water partition coefficient (Wildman–Crippen LogP) is 5.48. The first kappa shape index (κ1) is 11.5. The lowest BCUT2D eigenvalue weighted by atomic mass is 9.94. The van der Waals surface area contributed by atoms with Gasteiger partial charge in [-0.2, -0.15) is 0 Å². The Morgan fingerprint density at radius 1 is 1.05 bits per heavy atom. The van der Waals surface area contributed by atoms with Crippen LogP contribution < -0.4 is 0 Å². The van der Waals surface area contributed by atoms with Gasteiger partial charge in [-0.15, -0.1) is 0 Å². The number of para-hydroxylation sites is 1. The first-order valence-corrected chi connectivity index (χ1v) is 7.04. The Balaban J connectivity index is 2.03. The molecule has 98 valence electrons. The molecule has 1 aromatic heterocycles. The normalized spacial score (nSPS) is 18.1. The van der Waals surface area contributed by atoms with Gasteiger partial charge in [0, 0.05) is 10.8 Å². The van der Waals surface area contributed by atoms with E-state index in [9.17, 15) is 0 Å². The fraction of sp³-hybridized carbons (Fsp3) is 0.158. The van der Waals surface area contributed by atoms with E-state index in [0.717, 1.165) is 11.2 Å². The number of hydrogen-bond donors (Lipinski definition) is 0. The summed E-state index contributed by atoms with van der Waals surface area (Å²) in [5.74, 6) is 0.491. The second-order valence-corrected chi connectivity index (χ2v) is 5.56. The predicted molar refractivity (Wildman–Crippen MR) is 84.7 cm³/mol. The average Bonchev–Trinajstić information content (AvgIpc) is 3.03. The van der Waals surface area contributed by atoms with Crippen molar-refractivity contribution in [1.82, 2.24) is 0 Å². The van der Waals surface area contributed by atoms with E-state index in [0.29, 0.717) is 5.92 Å². The first-order chi connectivity index (χ1) is 9.74. The number of rotatable bonds is 1. The number of benzene rings is 2. The summed E-state index contributed by atoms with van der Waals surface area (Å²) in [5, 5.41) is 2.42. The summed E-state index contributed by atoms with van der Waals surface area (Å²) in [4.78, 5) is 0. The molecule has 0 bridgehead atoms. The van der Waals surface area contributed by atoms with Gasteiger partial charge in [-0.1, -0.05) is 43.4 Å². The van der Waals surface area contributed by atoms with Crippen LogP contribution in [0.1, 0.15) is 18.1 Å². The average molecular weight is 260 g/mol. The van der Waals surface area contributed by atoms with Gasteiger partial charge in [0.25, 0.3) is 0 Å². The lowest BCUT2D eigenvalue weighted by Crippen LogP contribution is -1.92. The maximum Gasteiger partial charge on any atom is 0.138 e. The van der Waals surface area contributed by atoms with E-state index in [1.54, 1.807) is 0 Å². The highest BCUT2D eigenvalue weighted by atomic mass is 16.3.